The monoisotopic (exact) mass is 371 g/mol. The van der Waals surface area contributed by atoms with Crippen LogP contribution in [0.5, 0.6) is 0 Å². The summed E-state index contributed by atoms with van der Waals surface area (Å²) >= 11 is 0. The van der Waals surface area contributed by atoms with Gasteiger partial charge in [0.15, 0.2) is 0 Å². The van der Waals surface area contributed by atoms with Gasteiger partial charge in [-0.15, -0.1) is 0 Å². The van der Waals surface area contributed by atoms with Gasteiger partial charge in [0.25, 0.3) is 0 Å². The van der Waals surface area contributed by atoms with Gasteiger partial charge in [-0.25, -0.2) is 13.1 Å². The second-order valence-corrected chi connectivity index (χ2v) is 7.61. The number of aliphatic hydroxyl groups is 1. The zero-order valence-corrected chi connectivity index (χ0v) is 15.3. The summed E-state index contributed by atoms with van der Waals surface area (Å²) in [5.74, 6) is 0. The van der Waals surface area contributed by atoms with Crippen molar-refractivity contribution in [3.05, 3.63) is 66.9 Å². The van der Waals surface area contributed by atoms with E-state index >= 15 is 0 Å². The molecule has 0 amide bonds. The number of nitrogens with zero attached hydrogens (tertiary/aromatic N) is 3. The van der Waals surface area contributed by atoms with Gasteiger partial charge in [0.05, 0.1) is 18.5 Å². The number of sulfonamides is 1. The minimum atomic E-state index is -3.79. The summed E-state index contributed by atoms with van der Waals surface area (Å²) in [5.41, 5.74) is 1.89. The van der Waals surface area contributed by atoms with Crippen molar-refractivity contribution in [3.8, 4) is 16.9 Å². The second kappa shape index (κ2) is 7.82. The predicted molar refractivity (Wildman–Crippen MR) is 101 cm³/mol. The highest BCUT2D eigenvalue weighted by molar-refractivity contribution is 7.89. The lowest BCUT2D eigenvalue weighted by atomic mass is 10.2. The maximum Gasteiger partial charge on any atom is 0.246 e. The van der Waals surface area contributed by atoms with E-state index in [1.54, 1.807) is 11.6 Å². The molecule has 1 heterocycles. The summed E-state index contributed by atoms with van der Waals surface area (Å²) in [4.78, 5) is 0.128. The number of aromatic nitrogens is 2. The first-order chi connectivity index (χ1) is 12.6. The van der Waals surface area contributed by atoms with E-state index in [1.165, 1.54) is 10.5 Å². The molecule has 136 valence electrons. The molecule has 0 radical (unpaired) electrons. The number of likely N-dealkylation sites (N-methyl/N-ethyl adjacent to an activating group) is 1. The molecular formula is C19H21N3O3S. The van der Waals surface area contributed by atoms with Crippen molar-refractivity contribution in [1.82, 2.24) is 14.1 Å². The normalized spacial score (nSPS) is 11.8. The molecule has 3 rings (SSSR count). The Morgan fingerprint density at radius 2 is 1.65 bits per heavy atom. The highest BCUT2D eigenvalue weighted by Gasteiger charge is 2.29. The SMILES string of the molecule is CCN(CCO)S(=O)(=O)c1cn(-c2ccccc2)nc1-c1ccccc1. The summed E-state index contributed by atoms with van der Waals surface area (Å²) in [7, 11) is -3.79. The number of hydrogen-bond acceptors (Lipinski definition) is 4. The first-order valence-electron chi connectivity index (χ1n) is 8.39. The van der Waals surface area contributed by atoms with Crippen LogP contribution in [0, 0.1) is 0 Å². The van der Waals surface area contributed by atoms with E-state index in [0.29, 0.717) is 5.69 Å². The van der Waals surface area contributed by atoms with E-state index in [9.17, 15) is 13.5 Å². The third kappa shape index (κ3) is 3.55. The van der Waals surface area contributed by atoms with Crippen LogP contribution in [0.25, 0.3) is 16.9 Å². The minimum Gasteiger partial charge on any atom is -0.395 e. The molecule has 0 aliphatic rings. The topological polar surface area (TPSA) is 75.4 Å². The first-order valence-corrected chi connectivity index (χ1v) is 9.83. The van der Waals surface area contributed by atoms with E-state index in [-0.39, 0.29) is 24.6 Å². The zero-order valence-electron chi connectivity index (χ0n) is 14.5. The number of aliphatic hydroxyl groups excluding tert-OH is 1. The van der Waals surface area contributed by atoms with Crippen molar-refractivity contribution in [2.45, 2.75) is 11.8 Å². The van der Waals surface area contributed by atoms with E-state index in [1.807, 2.05) is 60.7 Å². The minimum absolute atomic E-state index is 0.0452. The van der Waals surface area contributed by atoms with Crippen molar-refractivity contribution in [3.63, 3.8) is 0 Å². The molecule has 2 aromatic carbocycles. The Kier molecular flexibility index (Phi) is 5.51. The molecule has 0 atom stereocenters. The molecular weight excluding hydrogens is 350 g/mol. The van der Waals surface area contributed by atoms with Crippen molar-refractivity contribution < 1.29 is 13.5 Å². The number of rotatable bonds is 7. The Balaban J connectivity index is 2.18. The molecule has 1 aromatic heterocycles. The Hall–Kier alpha value is -2.48. The summed E-state index contributed by atoms with van der Waals surface area (Å²) in [5, 5.41) is 13.8. The third-order valence-corrected chi connectivity index (χ3v) is 6.04. The molecule has 6 nitrogen and oxygen atoms in total. The number of para-hydroxylation sites is 1. The maximum absolute atomic E-state index is 13.2. The van der Waals surface area contributed by atoms with Gasteiger partial charge in [0.2, 0.25) is 10.0 Å². The van der Waals surface area contributed by atoms with E-state index in [4.69, 9.17) is 0 Å². The van der Waals surface area contributed by atoms with Crippen LogP contribution in [0.15, 0.2) is 71.8 Å². The maximum atomic E-state index is 13.2. The second-order valence-electron chi connectivity index (χ2n) is 5.71. The van der Waals surface area contributed by atoms with Gasteiger partial charge in [0.1, 0.15) is 10.6 Å². The molecule has 26 heavy (non-hydrogen) atoms. The van der Waals surface area contributed by atoms with Gasteiger partial charge in [-0.05, 0) is 12.1 Å². The lowest BCUT2D eigenvalue weighted by Gasteiger charge is -2.19. The third-order valence-electron chi connectivity index (χ3n) is 4.07. The molecule has 0 fully saturated rings. The lowest BCUT2D eigenvalue weighted by Crippen LogP contribution is -2.33. The Morgan fingerprint density at radius 3 is 2.23 bits per heavy atom. The van der Waals surface area contributed by atoms with E-state index in [0.717, 1.165) is 11.3 Å². The van der Waals surface area contributed by atoms with Crippen molar-refractivity contribution in [2.24, 2.45) is 0 Å². The molecule has 7 heteroatoms. The lowest BCUT2D eigenvalue weighted by molar-refractivity contribution is 0.257. The Bertz CT molecular complexity index is 954. The smallest absolute Gasteiger partial charge is 0.246 e. The van der Waals surface area contributed by atoms with Crippen LogP contribution in [0.4, 0.5) is 0 Å². The van der Waals surface area contributed by atoms with E-state index < -0.39 is 10.0 Å². The fraction of sp³-hybridized carbons (Fsp3) is 0.211. The zero-order chi connectivity index (χ0) is 18.6. The van der Waals surface area contributed by atoms with Gasteiger partial charge in [0, 0.05) is 18.7 Å². The molecule has 0 unspecified atom stereocenters. The van der Waals surface area contributed by atoms with Crippen LogP contribution in [0.2, 0.25) is 0 Å². The first kappa shape index (κ1) is 18.3. The fourth-order valence-corrected chi connectivity index (χ4v) is 4.33. The van der Waals surface area contributed by atoms with Gasteiger partial charge < -0.3 is 5.11 Å². The van der Waals surface area contributed by atoms with Crippen molar-refractivity contribution in [2.75, 3.05) is 19.7 Å². The highest BCUT2D eigenvalue weighted by atomic mass is 32.2. The quantitative estimate of drug-likeness (QED) is 0.692. The molecule has 3 aromatic rings. The number of benzene rings is 2. The average Bonchev–Trinajstić information content (AvgIpc) is 3.14. The summed E-state index contributed by atoms with van der Waals surface area (Å²) in [6.45, 7) is 1.83. The van der Waals surface area contributed by atoms with Crippen LogP contribution in [0.1, 0.15) is 6.92 Å². The fourth-order valence-electron chi connectivity index (χ4n) is 2.75. The van der Waals surface area contributed by atoms with E-state index in [2.05, 4.69) is 5.10 Å². The highest BCUT2D eigenvalue weighted by Crippen LogP contribution is 2.29. The van der Waals surface area contributed by atoms with Crippen molar-refractivity contribution in [1.29, 1.82) is 0 Å². The molecule has 0 saturated carbocycles. The van der Waals surface area contributed by atoms with Gasteiger partial charge >= 0.3 is 0 Å². The van der Waals surface area contributed by atoms with Crippen LogP contribution in [-0.2, 0) is 10.0 Å². The molecule has 0 saturated heterocycles. The van der Waals surface area contributed by atoms with Crippen molar-refractivity contribution >= 4 is 10.0 Å². The van der Waals surface area contributed by atoms with Crippen LogP contribution in [0.3, 0.4) is 0 Å². The largest absolute Gasteiger partial charge is 0.395 e. The van der Waals surface area contributed by atoms with Gasteiger partial charge in [-0.2, -0.15) is 9.40 Å². The summed E-state index contributed by atoms with van der Waals surface area (Å²) in [6.07, 6.45) is 1.53. The summed E-state index contributed by atoms with van der Waals surface area (Å²) < 4.78 is 29.1. The van der Waals surface area contributed by atoms with Gasteiger partial charge in [-0.3, -0.25) is 0 Å². The molecule has 1 N–H and O–H groups in total. The van der Waals surface area contributed by atoms with Crippen LogP contribution < -0.4 is 0 Å². The molecule has 0 aliphatic carbocycles. The van der Waals surface area contributed by atoms with Crippen LogP contribution >= 0.6 is 0 Å². The Labute approximate surface area is 153 Å². The standard InChI is InChI=1S/C19H21N3O3S/c1-2-21(13-14-23)26(24,25)18-15-22(17-11-7-4-8-12-17)20-19(18)16-9-5-3-6-10-16/h3-12,15,23H,2,13-14H2,1H3. The average molecular weight is 371 g/mol. The molecule has 0 spiro atoms. The molecule has 0 bridgehead atoms. The van der Waals surface area contributed by atoms with Gasteiger partial charge in [-0.1, -0.05) is 55.5 Å². The predicted octanol–water partition coefficient (Wildman–Crippen LogP) is 2.54. The number of hydrogen-bond donors (Lipinski definition) is 1. The molecule has 0 aliphatic heterocycles. The Morgan fingerprint density at radius 1 is 1.04 bits per heavy atom. The van der Waals surface area contributed by atoms with Crippen LogP contribution in [-0.4, -0.2) is 47.3 Å². The summed E-state index contributed by atoms with van der Waals surface area (Å²) in [6, 6.07) is 18.6.